The molecule has 2 aliphatic rings. The van der Waals surface area contributed by atoms with E-state index in [2.05, 4.69) is 5.32 Å². The SMILES string of the molecule is COCCC1(NC(=O)C2CCCC2)CCN(S(C)(=O)=O)CC1. The van der Waals surface area contributed by atoms with E-state index in [1.807, 2.05) is 0 Å². The number of nitrogens with one attached hydrogen (secondary N) is 1. The summed E-state index contributed by atoms with van der Waals surface area (Å²) in [6.07, 6.45) is 7.49. The average Bonchev–Trinajstić information content (AvgIpc) is 2.99. The first kappa shape index (κ1) is 17.7. The number of sulfonamides is 1. The van der Waals surface area contributed by atoms with Gasteiger partial charge in [-0.3, -0.25) is 4.79 Å². The molecule has 0 atom stereocenters. The minimum absolute atomic E-state index is 0.132. The van der Waals surface area contributed by atoms with Gasteiger partial charge >= 0.3 is 0 Å². The zero-order valence-corrected chi connectivity index (χ0v) is 14.5. The van der Waals surface area contributed by atoms with E-state index >= 15 is 0 Å². The Balaban J connectivity index is 2.00. The maximum absolute atomic E-state index is 12.5. The van der Waals surface area contributed by atoms with Gasteiger partial charge in [0.2, 0.25) is 15.9 Å². The maximum atomic E-state index is 12.5. The molecule has 1 aliphatic carbocycles. The van der Waals surface area contributed by atoms with Crippen LogP contribution in [0.2, 0.25) is 0 Å². The standard InChI is InChI=1S/C15H28N2O4S/c1-21-12-9-15(16-14(18)13-5-3-4-6-13)7-10-17(11-8-15)22(2,19)20/h13H,3-12H2,1-2H3,(H,16,18). The molecule has 1 aliphatic heterocycles. The Bertz CT molecular complexity index is 478. The molecule has 1 saturated carbocycles. The quantitative estimate of drug-likeness (QED) is 0.791. The lowest BCUT2D eigenvalue weighted by Crippen LogP contribution is -2.57. The molecule has 0 aromatic rings. The molecule has 1 heterocycles. The van der Waals surface area contributed by atoms with Gasteiger partial charge in [-0.15, -0.1) is 0 Å². The van der Waals surface area contributed by atoms with Crippen LogP contribution in [-0.2, 0) is 19.6 Å². The molecule has 0 aromatic carbocycles. The van der Waals surface area contributed by atoms with Gasteiger partial charge in [-0.25, -0.2) is 12.7 Å². The highest BCUT2D eigenvalue weighted by Crippen LogP contribution is 2.30. The first-order valence-electron chi connectivity index (χ1n) is 8.12. The molecule has 1 saturated heterocycles. The fourth-order valence-electron chi connectivity index (χ4n) is 3.53. The van der Waals surface area contributed by atoms with E-state index in [-0.39, 0.29) is 17.4 Å². The Morgan fingerprint density at radius 1 is 1.27 bits per heavy atom. The molecule has 128 valence electrons. The predicted molar refractivity (Wildman–Crippen MR) is 85.0 cm³/mol. The number of carbonyl (C=O) groups excluding carboxylic acids is 1. The van der Waals surface area contributed by atoms with E-state index in [0.29, 0.717) is 32.5 Å². The Kier molecular flexibility index (Phi) is 5.85. The zero-order chi connectivity index (χ0) is 16.2. The van der Waals surface area contributed by atoms with Crippen molar-refractivity contribution in [2.75, 3.05) is 33.1 Å². The third kappa shape index (κ3) is 4.43. The lowest BCUT2D eigenvalue weighted by atomic mass is 9.84. The van der Waals surface area contributed by atoms with Crippen LogP contribution in [0.5, 0.6) is 0 Å². The van der Waals surface area contributed by atoms with Crippen molar-refractivity contribution < 1.29 is 17.9 Å². The first-order valence-corrected chi connectivity index (χ1v) is 9.97. The van der Waals surface area contributed by atoms with E-state index in [0.717, 1.165) is 32.1 Å². The number of amides is 1. The van der Waals surface area contributed by atoms with Crippen molar-refractivity contribution in [2.45, 2.75) is 50.5 Å². The van der Waals surface area contributed by atoms with Crippen LogP contribution >= 0.6 is 0 Å². The summed E-state index contributed by atoms with van der Waals surface area (Å²) in [4.78, 5) is 12.5. The molecule has 1 amide bonds. The number of hydrogen-bond donors (Lipinski definition) is 1. The number of hydrogen-bond acceptors (Lipinski definition) is 4. The fourth-order valence-corrected chi connectivity index (χ4v) is 4.38. The fraction of sp³-hybridized carbons (Fsp3) is 0.933. The lowest BCUT2D eigenvalue weighted by molar-refractivity contribution is -0.127. The predicted octanol–water partition coefficient (Wildman–Crippen LogP) is 1.12. The monoisotopic (exact) mass is 332 g/mol. The third-order valence-electron chi connectivity index (χ3n) is 5.05. The zero-order valence-electron chi connectivity index (χ0n) is 13.6. The number of piperidine rings is 1. The van der Waals surface area contributed by atoms with Gasteiger partial charge in [-0.1, -0.05) is 12.8 Å². The summed E-state index contributed by atoms with van der Waals surface area (Å²) >= 11 is 0. The van der Waals surface area contributed by atoms with Crippen molar-refractivity contribution in [1.82, 2.24) is 9.62 Å². The largest absolute Gasteiger partial charge is 0.385 e. The second-order valence-electron chi connectivity index (χ2n) is 6.66. The van der Waals surface area contributed by atoms with E-state index in [1.54, 1.807) is 7.11 Å². The average molecular weight is 332 g/mol. The molecular weight excluding hydrogens is 304 g/mol. The van der Waals surface area contributed by atoms with E-state index < -0.39 is 10.0 Å². The van der Waals surface area contributed by atoms with Crippen molar-refractivity contribution in [1.29, 1.82) is 0 Å². The van der Waals surface area contributed by atoms with Crippen LogP contribution in [-0.4, -0.2) is 57.2 Å². The molecule has 0 bridgehead atoms. The van der Waals surface area contributed by atoms with E-state index in [9.17, 15) is 13.2 Å². The van der Waals surface area contributed by atoms with Gasteiger partial charge in [0.1, 0.15) is 0 Å². The smallest absolute Gasteiger partial charge is 0.223 e. The summed E-state index contributed by atoms with van der Waals surface area (Å²) in [6, 6.07) is 0. The van der Waals surface area contributed by atoms with Crippen LogP contribution in [0.3, 0.4) is 0 Å². The molecule has 0 aromatic heterocycles. The number of rotatable bonds is 6. The molecule has 1 N–H and O–H groups in total. The molecule has 2 rings (SSSR count). The number of methoxy groups -OCH3 is 1. The van der Waals surface area contributed by atoms with Gasteiger partial charge in [-0.2, -0.15) is 0 Å². The second kappa shape index (κ2) is 7.27. The third-order valence-corrected chi connectivity index (χ3v) is 6.35. The molecule has 0 spiro atoms. The van der Waals surface area contributed by atoms with E-state index in [1.165, 1.54) is 10.6 Å². The Morgan fingerprint density at radius 3 is 2.36 bits per heavy atom. The van der Waals surface area contributed by atoms with Crippen molar-refractivity contribution in [3.05, 3.63) is 0 Å². The minimum Gasteiger partial charge on any atom is -0.385 e. The van der Waals surface area contributed by atoms with Crippen LogP contribution < -0.4 is 5.32 Å². The Morgan fingerprint density at radius 2 is 1.86 bits per heavy atom. The minimum atomic E-state index is -3.15. The Hall–Kier alpha value is -0.660. The maximum Gasteiger partial charge on any atom is 0.223 e. The van der Waals surface area contributed by atoms with Crippen LogP contribution in [0.1, 0.15) is 44.9 Å². The Labute approximate surface area is 133 Å². The number of carbonyl (C=O) groups is 1. The summed E-state index contributed by atoms with van der Waals surface area (Å²) in [7, 11) is -1.50. The molecule has 2 fully saturated rings. The summed E-state index contributed by atoms with van der Waals surface area (Å²) in [5.41, 5.74) is -0.323. The molecule has 0 unspecified atom stereocenters. The van der Waals surface area contributed by atoms with E-state index in [4.69, 9.17) is 4.74 Å². The van der Waals surface area contributed by atoms with Crippen molar-refractivity contribution in [3.63, 3.8) is 0 Å². The van der Waals surface area contributed by atoms with Crippen LogP contribution in [0.4, 0.5) is 0 Å². The summed E-state index contributed by atoms with van der Waals surface area (Å²) in [6.45, 7) is 1.50. The molecule has 22 heavy (non-hydrogen) atoms. The van der Waals surface area contributed by atoms with Gasteiger partial charge in [0.15, 0.2) is 0 Å². The highest BCUT2D eigenvalue weighted by atomic mass is 32.2. The lowest BCUT2D eigenvalue weighted by Gasteiger charge is -2.42. The van der Waals surface area contributed by atoms with Gasteiger partial charge in [-0.05, 0) is 32.1 Å². The summed E-state index contributed by atoms with van der Waals surface area (Å²) in [5.74, 6) is 0.272. The van der Waals surface area contributed by atoms with Crippen LogP contribution in [0, 0.1) is 5.92 Å². The van der Waals surface area contributed by atoms with Crippen LogP contribution in [0.15, 0.2) is 0 Å². The van der Waals surface area contributed by atoms with Crippen molar-refractivity contribution in [3.8, 4) is 0 Å². The van der Waals surface area contributed by atoms with Crippen LogP contribution in [0.25, 0.3) is 0 Å². The number of nitrogens with zero attached hydrogens (tertiary/aromatic N) is 1. The van der Waals surface area contributed by atoms with Gasteiger partial charge < -0.3 is 10.1 Å². The number of ether oxygens (including phenoxy) is 1. The van der Waals surface area contributed by atoms with Gasteiger partial charge in [0, 0.05) is 38.3 Å². The molecule has 6 nitrogen and oxygen atoms in total. The van der Waals surface area contributed by atoms with Crippen molar-refractivity contribution in [2.24, 2.45) is 5.92 Å². The highest BCUT2D eigenvalue weighted by Gasteiger charge is 2.39. The topological polar surface area (TPSA) is 75.7 Å². The second-order valence-corrected chi connectivity index (χ2v) is 8.64. The first-order chi connectivity index (χ1) is 10.4. The highest BCUT2D eigenvalue weighted by molar-refractivity contribution is 7.88. The van der Waals surface area contributed by atoms with Crippen molar-refractivity contribution >= 4 is 15.9 Å². The molecular formula is C15H28N2O4S. The molecule has 0 radical (unpaired) electrons. The summed E-state index contributed by atoms with van der Waals surface area (Å²) < 4.78 is 30.0. The molecule has 7 heteroatoms. The normalized spacial score (nSPS) is 23.5. The van der Waals surface area contributed by atoms with Gasteiger partial charge in [0.05, 0.1) is 6.26 Å². The van der Waals surface area contributed by atoms with Gasteiger partial charge in [0.25, 0.3) is 0 Å². The summed E-state index contributed by atoms with van der Waals surface area (Å²) in [5, 5.41) is 3.24.